The van der Waals surface area contributed by atoms with Crippen molar-refractivity contribution < 1.29 is 9.85 Å². The van der Waals surface area contributed by atoms with Crippen molar-refractivity contribution in [2.75, 3.05) is 5.73 Å². The van der Waals surface area contributed by atoms with Gasteiger partial charge in [0.15, 0.2) is 0 Å². The van der Waals surface area contributed by atoms with Crippen LogP contribution in [0.15, 0.2) is 48.8 Å². The van der Waals surface area contributed by atoms with E-state index in [4.69, 9.17) is 5.73 Å². The van der Waals surface area contributed by atoms with Crippen LogP contribution in [0, 0.1) is 20.2 Å². The number of aromatic nitrogens is 3. The first-order chi connectivity index (χ1) is 13.5. The quantitative estimate of drug-likeness (QED) is 0.517. The Morgan fingerprint density at radius 3 is 2.64 bits per heavy atom. The molecule has 3 aromatic rings. The molecule has 1 atom stereocenters. The smallest absolute Gasteiger partial charge is 0.300 e. The van der Waals surface area contributed by atoms with Crippen molar-refractivity contribution in [2.45, 2.75) is 6.04 Å². The number of fused-ring (bicyclic) bond motifs is 1. The molecular weight excluding hydrogens is 366 g/mol. The van der Waals surface area contributed by atoms with Gasteiger partial charge in [-0.3, -0.25) is 29.8 Å². The largest absolute Gasteiger partial charge is 0.377 e. The molecule has 2 aromatic heterocycles. The summed E-state index contributed by atoms with van der Waals surface area (Å²) in [5.74, 6) is 0.0243. The summed E-state index contributed by atoms with van der Waals surface area (Å²) in [6.07, 6.45) is 5.01. The van der Waals surface area contributed by atoms with Crippen molar-refractivity contribution in [3.8, 4) is 5.69 Å². The molecule has 140 valence electrons. The topological polar surface area (TPSA) is 155 Å². The molecule has 28 heavy (non-hydrogen) atoms. The number of nitrogens with one attached hydrogen (secondary N) is 1. The molecule has 1 aliphatic rings. The van der Waals surface area contributed by atoms with Gasteiger partial charge in [-0.25, -0.2) is 4.98 Å². The van der Waals surface area contributed by atoms with Crippen LogP contribution in [0.1, 0.15) is 23.1 Å². The lowest BCUT2D eigenvalue weighted by molar-refractivity contribution is -0.394. The van der Waals surface area contributed by atoms with E-state index in [0.29, 0.717) is 17.1 Å². The maximum Gasteiger partial charge on any atom is 0.300 e. The lowest BCUT2D eigenvalue weighted by atomic mass is 10.0. The van der Waals surface area contributed by atoms with Crippen molar-refractivity contribution in [1.82, 2.24) is 19.9 Å². The highest BCUT2D eigenvalue weighted by Crippen LogP contribution is 2.35. The number of nitrogen functional groups attached to an aromatic ring is 1. The fraction of sp³-hybridized carbons (Fsp3) is 0.0588. The zero-order valence-corrected chi connectivity index (χ0v) is 14.2. The maximum atomic E-state index is 11.5. The molecule has 0 fully saturated rings. The van der Waals surface area contributed by atoms with E-state index in [9.17, 15) is 20.2 Å². The SMILES string of the molecule is Nc1nc2c(n1-c1ccc([N+](=O)[O-])cc1[N+](=O)[O-])C=CNC2c1ccccn1. The Hall–Kier alpha value is -4.28. The van der Waals surface area contributed by atoms with Crippen molar-refractivity contribution in [3.63, 3.8) is 0 Å². The second kappa shape index (κ2) is 6.46. The lowest BCUT2D eigenvalue weighted by Crippen LogP contribution is -2.22. The number of nitrogens with zero attached hydrogens (tertiary/aromatic N) is 5. The average molecular weight is 379 g/mol. The van der Waals surface area contributed by atoms with Crippen molar-refractivity contribution in [3.05, 3.63) is 86.1 Å². The molecule has 3 N–H and O–H groups in total. The van der Waals surface area contributed by atoms with E-state index >= 15 is 0 Å². The number of nitrogens with two attached hydrogens (primary N) is 1. The Kier molecular flexibility index (Phi) is 3.96. The van der Waals surface area contributed by atoms with Crippen LogP contribution in [0.3, 0.4) is 0 Å². The lowest BCUT2D eigenvalue weighted by Gasteiger charge is -2.20. The number of imidazole rings is 1. The number of pyridine rings is 1. The third kappa shape index (κ3) is 2.70. The maximum absolute atomic E-state index is 11.5. The van der Waals surface area contributed by atoms with Gasteiger partial charge in [0.05, 0.1) is 33.0 Å². The number of non-ortho nitro benzene ring substituents is 1. The van der Waals surface area contributed by atoms with E-state index in [0.717, 1.165) is 6.07 Å². The van der Waals surface area contributed by atoms with E-state index in [1.165, 1.54) is 16.7 Å². The predicted octanol–water partition coefficient (Wildman–Crippen LogP) is 2.33. The molecule has 1 aliphatic heterocycles. The predicted molar refractivity (Wildman–Crippen MR) is 99.5 cm³/mol. The van der Waals surface area contributed by atoms with Crippen molar-refractivity contribution >= 4 is 23.4 Å². The summed E-state index contributed by atoms with van der Waals surface area (Å²) in [6.45, 7) is 0. The van der Waals surface area contributed by atoms with E-state index in [-0.39, 0.29) is 23.4 Å². The van der Waals surface area contributed by atoms with Gasteiger partial charge in [0.2, 0.25) is 5.95 Å². The summed E-state index contributed by atoms with van der Waals surface area (Å²) in [4.78, 5) is 29.8. The Labute approximate surface area is 157 Å². The second-order valence-electron chi connectivity index (χ2n) is 5.95. The van der Waals surface area contributed by atoms with Crippen molar-refractivity contribution in [2.24, 2.45) is 0 Å². The molecule has 0 aliphatic carbocycles. The molecular formula is C17H13N7O4. The minimum absolute atomic E-state index is 0.0243. The number of nitro benzene ring substituents is 2. The highest BCUT2D eigenvalue weighted by molar-refractivity contribution is 5.66. The van der Waals surface area contributed by atoms with Gasteiger partial charge < -0.3 is 11.1 Å². The first kappa shape index (κ1) is 17.1. The van der Waals surface area contributed by atoms with Crippen LogP contribution in [0.25, 0.3) is 11.8 Å². The normalized spacial score (nSPS) is 14.9. The fourth-order valence-electron chi connectivity index (χ4n) is 3.13. The Balaban J connectivity index is 1.90. The van der Waals surface area contributed by atoms with Gasteiger partial charge in [0, 0.05) is 12.3 Å². The number of nitro groups is 2. The molecule has 1 aromatic carbocycles. The molecule has 0 bridgehead atoms. The molecule has 0 spiro atoms. The minimum atomic E-state index is -0.690. The van der Waals surface area contributed by atoms with Crippen LogP contribution < -0.4 is 11.1 Å². The van der Waals surface area contributed by atoms with Crippen molar-refractivity contribution in [1.29, 1.82) is 0 Å². The van der Waals surface area contributed by atoms with Gasteiger partial charge in [0.1, 0.15) is 11.7 Å². The number of hydrogen-bond donors (Lipinski definition) is 2. The van der Waals surface area contributed by atoms with Crippen LogP contribution in [0.5, 0.6) is 0 Å². The highest BCUT2D eigenvalue weighted by Gasteiger charge is 2.30. The first-order valence-electron chi connectivity index (χ1n) is 8.12. The number of benzene rings is 1. The summed E-state index contributed by atoms with van der Waals surface area (Å²) < 4.78 is 1.41. The van der Waals surface area contributed by atoms with Gasteiger partial charge in [0.25, 0.3) is 11.4 Å². The second-order valence-corrected chi connectivity index (χ2v) is 5.95. The summed E-state index contributed by atoms with van der Waals surface area (Å²) in [7, 11) is 0. The summed E-state index contributed by atoms with van der Waals surface area (Å²) >= 11 is 0. The molecule has 3 heterocycles. The molecule has 4 rings (SSSR count). The van der Waals surface area contributed by atoms with Gasteiger partial charge >= 0.3 is 0 Å². The molecule has 0 amide bonds. The third-order valence-corrected chi connectivity index (χ3v) is 4.34. The van der Waals surface area contributed by atoms with Gasteiger partial charge in [-0.1, -0.05) is 6.07 Å². The standard InChI is InChI=1S/C17H13N7O4/c18-17-21-16-13(6-8-20-15(16)11-3-1-2-7-19-11)22(17)12-5-4-10(23(25)26)9-14(12)24(27)28/h1-9,15,20H,(H2,18,21). The molecule has 11 heteroatoms. The van der Waals surface area contributed by atoms with E-state index in [1.54, 1.807) is 24.5 Å². The summed E-state index contributed by atoms with van der Waals surface area (Å²) in [5.41, 5.74) is 7.12. The van der Waals surface area contributed by atoms with Crippen LogP contribution in [0.4, 0.5) is 17.3 Å². The van der Waals surface area contributed by atoms with Gasteiger partial charge in [-0.15, -0.1) is 0 Å². The molecule has 1 unspecified atom stereocenters. The van der Waals surface area contributed by atoms with Crippen LogP contribution in [-0.4, -0.2) is 24.4 Å². The molecule has 0 radical (unpaired) electrons. The summed E-state index contributed by atoms with van der Waals surface area (Å²) in [6, 6.07) is 8.45. The average Bonchev–Trinajstić information content (AvgIpc) is 3.03. The van der Waals surface area contributed by atoms with Crippen LogP contribution in [-0.2, 0) is 0 Å². The monoisotopic (exact) mass is 379 g/mol. The number of hydrogen-bond acceptors (Lipinski definition) is 8. The first-order valence-corrected chi connectivity index (χ1v) is 8.12. The Bertz CT molecular complexity index is 1120. The highest BCUT2D eigenvalue weighted by atomic mass is 16.6. The zero-order valence-electron chi connectivity index (χ0n) is 14.2. The fourth-order valence-corrected chi connectivity index (χ4v) is 3.13. The van der Waals surface area contributed by atoms with Gasteiger partial charge in [-0.05, 0) is 30.5 Å². The molecule has 0 saturated carbocycles. The molecule has 11 nitrogen and oxygen atoms in total. The molecule has 0 saturated heterocycles. The van der Waals surface area contributed by atoms with Gasteiger partial charge in [-0.2, -0.15) is 0 Å². The Morgan fingerprint density at radius 1 is 1.14 bits per heavy atom. The third-order valence-electron chi connectivity index (χ3n) is 4.34. The van der Waals surface area contributed by atoms with E-state index in [2.05, 4.69) is 15.3 Å². The minimum Gasteiger partial charge on any atom is -0.377 e. The van der Waals surface area contributed by atoms with E-state index < -0.39 is 15.5 Å². The Morgan fingerprint density at radius 2 is 1.96 bits per heavy atom. The number of rotatable bonds is 4. The van der Waals surface area contributed by atoms with Crippen LogP contribution in [0.2, 0.25) is 0 Å². The zero-order chi connectivity index (χ0) is 19.8. The van der Waals surface area contributed by atoms with E-state index in [1.807, 2.05) is 12.1 Å². The summed E-state index contributed by atoms with van der Waals surface area (Å²) in [5, 5.41) is 25.7. The van der Waals surface area contributed by atoms with Crippen LogP contribution >= 0.6 is 0 Å². The number of anilines is 1.